The van der Waals surface area contributed by atoms with Crippen LogP contribution in [0.5, 0.6) is 5.75 Å². The van der Waals surface area contributed by atoms with Gasteiger partial charge < -0.3 is 10.1 Å². The van der Waals surface area contributed by atoms with Crippen molar-refractivity contribution in [3.05, 3.63) is 30.1 Å². The first-order chi connectivity index (χ1) is 12.5. The standard InChI is InChI=1S/C19H29FN2O4S/c1-19(2,3)17(12-26-16-8-6-5-7-15(16)20)21-18(23)11-22(4)14-9-10-27(24,25)13-14/h5-8,14,17H,9-13H2,1-4H3,(H,21,23). The summed E-state index contributed by atoms with van der Waals surface area (Å²) < 4.78 is 42.5. The number of carbonyl (C=O) groups excluding carboxylic acids is 1. The number of sulfone groups is 1. The van der Waals surface area contributed by atoms with Crippen molar-refractivity contribution in [2.24, 2.45) is 5.41 Å². The maximum Gasteiger partial charge on any atom is 0.234 e. The summed E-state index contributed by atoms with van der Waals surface area (Å²) in [5, 5.41) is 2.94. The molecule has 27 heavy (non-hydrogen) atoms. The zero-order valence-electron chi connectivity index (χ0n) is 16.4. The molecule has 2 atom stereocenters. The highest BCUT2D eigenvalue weighted by atomic mass is 32.2. The number of likely N-dealkylation sites (N-methyl/N-ethyl adjacent to an activating group) is 1. The van der Waals surface area contributed by atoms with Gasteiger partial charge in [0, 0.05) is 6.04 Å². The molecule has 1 aliphatic rings. The van der Waals surface area contributed by atoms with Gasteiger partial charge >= 0.3 is 0 Å². The molecule has 8 heteroatoms. The summed E-state index contributed by atoms with van der Waals surface area (Å²) in [6.45, 7) is 6.14. The van der Waals surface area contributed by atoms with E-state index in [4.69, 9.17) is 4.74 Å². The van der Waals surface area contributed by atoms with Gasteiger partial charge in [-0.05, 0) is 31.0 Å². The molecule has 2 unspecified atom stereocenters. The predicted molar refractivity (Wildman–Crippen MR) is 103 cm³/mol. The number of nitrogens with zero attached hydrogens (tertiary/aromatic N) is 1. The highest BCUT2D eigenvalue weighted by Crippen LogP contribution is 2.22. The van der Waals surface area contributed by atoms with Crippen LogP contribution >= 0.6 is 0 Å². The molecule has 1 aromatic rings. The van der Waals surface area contributed by atoms with Gasteiger partial charge in [-0.25, -0.2) is 12.8 Å². The van der Waals surface area contributed by atoms with Crippen molar-refractivity contribution >= 4 is 15.7 Å². The second kappa shape index (κ2) is 8.56. The van der Waals surface area contributed by atoms with Crippen molar-refractivity contribution in [1.82, 2.24) is 10.2 Å². The van der Waals surface area contributed by atoms with E-state index in [1.54, 1.807) is 30.1 Å². The number of para-hydroxylation sites is 1. The first-order valence-electron chi connectivity index (χ1n) is 9.05. The molecule has 2 rings (SSSR count). The lowest BCUT2D eigenvalue weighted by molar-refractivity contribution is -0.124. The van der Waals surface area contributed by atoms with Crippen LogP contribution in [0.15, 0.2) is 24.3 Å². The van der Waals surface area contributed by atoms with Crippen molar-refractivity contribution in [2.75, 3.05) is 31.7 Å². The highest BCUT2D eigenvalue weighted by molar-refractivity contribution is 7.91. The van der Waals surface area contributed by atoms with Crippen LogP contribution in [-0.4, -0.2) is 63.0 Å². The summed E-state index contributed by atoms with van der Waals surface area (Å²) in [7, 11) is -1.24. The van der Waals surface area contributed by atoms with Crippen LogP contribution in [0.1, 0.15) is 27.2 Å². The van der Waals surface area contributed by atoms with Crippen LogP contribution in [0.3, 0.4) is 0 Å². The van der Waals surface area contributed by atoms with E-state index in [-0.39, 0.29) is 53.8 Å². The van der Waals surface area contributed by atoms with Gasteiger partial charge in [0.25, 0.3) is 0 Å². The summed E-state index contributed by atoms with van der Waals surface area (Å²) in [5.74, 6) is -0.243. The van der Waals surface area contributed by atoms with Gasteiger partial charge in [0.15, 0.2) is 21.4 Å². The van der Waals surface area contributed by atoms with E-state index in [0.717, 1.165) is 0 Å². The number of hydrogen-bond acceptors (Lipinski definition) is 5. The molecule has 1 aromatic carbocycles. The largest absolute Gasteiger partial charge is 0.488 e. The van der Waals surface area contributed by atoms with Crippen LogP contribution in [0.2, 0.25) is 0 Å². The van der Waals surface area contributed by atoms with Gasteiger partial charge in [-0.15, -0.1) is 0 Å². The maximum absolute atomic E-state index is 13.7. The molecular formula is C19H29FN2O4S. The van der Waals surface area contributed by atoms with E-state index in [1.165, 1.54) is 6.07 Å². The third-order valence-electron chi connectivity index (χ3n) is 4.85. The molecule has 6 nitrogen and oxygen atoms in total. The van der Waals surface area contributed by atoms with Crippen molar-refractivity contribution in [3.63, 3.8) is 0 Å². The van der Waals surface area contributed by atoms with Crippen LogP contribution in [0.4, 0.5) is 4.39 Å². The Kier molecular flexibility index (Phi) is 6.86. The number of halogens is 1. The first kappa shape index (κ1) is 21.6. The number of rotatable bonds is 7. The number of nitrogens with one attached hydrogen (secondary N) is 1. The second-order valence-corrected chi connectivity index (χ2v) is 10.4. The van der Waals surface area contributed by atoms with E-state index < -0.39 is 15.7 Å². The van der Waals surface area contributed by atoms with Gasteiger partial charge in [-0.2, -0.15) is 0 Å². The molecule has 1 heterocycles. The van der Waals surface area contributed by atoms with Crippen LogP contribution in [0.25, 0.3) is 0 Å². The molecule has 0 spiro atoms. The van der Waals surface area contributed by atoms with Crippen LogP contribution in [0, 0.1) is 11.2 Å². The quantitative estimate of drug-likeness (QED) is 0.756. The van der Waals surface area contributed by atoms with E-state index in [9.17, 15) is 17.6 Å². The second-order valence-electron chi connectivity index (χ2n) is 8.20. The van der Waals surface area contributed by atoms with E-state index >= 15 is 0 Å². The maximum atomic E-state index is 13.7. The number of carbonyl (C=O) groups is 1. The summed E-state index contributed by atoms with van der Waals surface area (Å²) in [5.41, 5.74) is -0.295. The van der Waals surface area contributed by atoms with Crippen LogP contribution < -0.4 is 10.1 Å². The Bertz CT molecular complexity index is 761. The smallest absolute Gasteiger partial charge is 0.234 e. The van der Waals surface area contributed by atoms with Crippen LogP contribution in [-0.2, 0) is 14.6 Å². The summed E-state index contributed by atoms with van der Waals surface area (Å²) >= 11 is 0. The van der Waals surface area contributed by atoms with E-state index in [2.05, 4.69) is 5.32 Å². The molecular weight excluding hydrogens is 371 g/mol. The third-order valence-corrected chi connectivity index (χ3v) is 6.60. The first-order valence-corrected chi connectivity index (χ1v) is 10.9. The molecule has 0 aromatic heterocycles. The fourth-order valence-electron chi connectivity index (χ4n) is 2.96. The molecule has 0 saturated carbocycles. The fraction of sp³-hybridized carbons (Fsp3) is 0.632. The monoisotopic (exact) mass is 400 g/mol. The number of hydrogen-bond donors (Lipinski definition) is 1. The van der Waals surface area contributed by atoms with Gasteiger partial charge in [0.05, 0.1) is 24.1 Å². The fourth-order valence-corrected chi connectivity index (χ4v) is 4.77. The SMILES string of the molecule is CN(CC(=O)NC(COc1ccccc1F)C(C)(C)C)C1CCS(=O)(=O)C1. The Balaban J connectivity index is 1.93. The molecule has 1 amide bonds. The normalized spacial score (nSPS) is 20.4. The lowest BCUT2D eigenvalue weighted by atomic mass is 9.87. The van der Waals surface area contributed by atoms with Gasteiger partial charge in [0.2, 0.25) is 5.91 Å². The minimum absolute atomic E-state index is 0.0931. The minimum Gasteiger partial charge on any atom is -0.488 e. The molecule has 0 radical (unpaired) electrons. The van der Waals surface area contributed by atoms with Crippen molar-refractivity contribution in [1.29, 1.82) is 0 Å². The third kappa shape index (κ3) is 6.46. The number of benzene rings is 1. The van der Waals surface area contributed by atoms with Gasteiger partial charge in [-0.3, -0.25) is 9.69 Å². The average Bonchev–Trinajstić information content (AvgIpc) is 2.92. The zero-order chi connectivity index (χ0) is 20.2. The molecule has 1 saturated heterocycles. The van der Waals surface area contributed by atoms with Gasteiger partial charge in [-0.1, -0.05) is 32.9 Å². The predicted octanol–water partition coefficient (Wildman–Crippen LogP) is 1.85. The Morgan fingerprint density at radius 2 is 2.04 bits per heavy atom. The Morgan fingerprint density at radius 1 is 1.37 bits per heavy atom. The van der Waals surface area contributed by atoms with E-state index in [0.29, 0.717) is 6.42 Å². The summed E-state index contributed by atoms with van der Waals surface area (Å²) in [6.07, 6.45) is 0.547. The number of ether oxygens (including phenoxy) is 1. The Morgan fingerprint density at radius 3 is 2.59 bits per heavy atom. The van der Waals surface area contributed by atoms with Crippen molar-refractivity contribution in [3.8, 4) is 5.75 Å². The van der Waals surface area contributed by atoms with Crippen molar-refractivity contribution < 1.29 is 22.3 Å². The molecule has 0 bridgehead atoms. The summed E-state index contributed by atoms with van der Waals surface area (Å²) in [4.78, 5) is 14.3. The molecule has 0 aliphatic carbocycles. The lowest BCUT2D eigenvalue weighted by Gasteiger charge is -2.32. The zero-order valence-corrected chi connectivity index (χ0v) is 17.2. The van der Waals surface area contributed by atoms with Crippen molar-refractivity contribution in [2.45, 2.75) is 39.3 Å². The highest BCUT2D eigenvalue weighted by Gasteiger charge is 2.32. The van der Waals surface area contributed by atoms with Gasteiger partial charge in [0.1, 0.15) is 6.61 Å². The number of amides is 1. The summed E-state index contributed by atoms with van der Waals surface area (Å²) in [6, 6.07) is 5.68. The molecule has 152 valence electrons. The van der Waals surface area contributed by atoms with E-state index in [1.807, 2.05) is 20.8 Å². The minimum atomic E-state index is -2.99. The molecule has 1 fully saturated rings. The lowest BCUT2D eigenvalue weighted by Crippen LogP contribution is -2.51. The molecule has 1 N–H and O–H groups in total. The molecule has 1 aliphatic heterocycles. The average molecular weight is 401 g/mol. The topological polar surface area (TPSA) is 75.7 Å². The Labute approximate surface area is 161 Å². The Hall–Kier alpha value is -1.67.